The molecule has 3 aromatic carbocycles. The van der Waals surface area contributed by atoms with Gasteiger partial charge in [0.1, 0.15) is 23.7 Å². The highest BCUT2D eigenvalue weighted by molar-refractivity contribution is 5.91. The molecule has 3 aromatic rings. The first kappa shape index (κ1) is 42.5. The van der Waals surface area contributed by atoms with E-state index in [9.17, 15) is 24.0 Å². The monoisotopic (exact) mass is 764 g/mol. The van der Waals surface area contributed by atoms with Crippen molar-refractivity contribution >= 4 is 35.9 Å². The van der Waals surface area contributed by atoms with Gasteiger partial charge in [-0.3, -0.25) is 0 Å². The fourth-order valence-corrected chi connectivity index (χ4v) is 5.43. The SMILES string of the molecule is C=C(C)C(=O)OCC(CCOc1ccc(-c2ccc(/C=C/C(=O)O[C@H]3CC[C@@H](OC(=O)c4ccc(OC(=O)C(=C)C)cc4)CC3)cc2)cc1)COC(=O)C(=C)C. The Balaban J connectivity index is 1.18. The molecule has 11 heteroatoms. The summed E-state index contributed by atoms with van der Waals surface area (Å²) in [5.41, 5.74) is 3.98. The van der Waals surface area contributed by atoms with Crippen LogP contribution in [0.4, 0.5) is 0 Å². The Hall–Kier alpha value is -6.23. The zero-order chi connectivity index (χ0) is 40.6. The standard InChI is InChI=1S/C45H48O11/c1-29(2)42(47)52-27-33(28-53-43(48)30(3)4)25-26-51-37-16-12-35(13-17-37)34-10-7-32(8-11-34)9-24-41(46)54-38-20-22-40(23-21-38)56-45(50)36-14-18-39(19-15-36)55-44(49)31(5)6/h7-19,24,33,38,40H,1,3,5,20-23,25-28H2,2,4,6H3/b24-9+/t38-,40+. The average molecular weight is 765 g/mol. The summed E-state index contributed by atoms with van der Waals surface area (Å²) in [6.07, 6.45) is 5.33. The number of rotatable bonds is 18. The van der Waals surface area contributed by atoms with Crippen LogP contribution in [0.15, 0.2) is 115 Å². The molecule has 0 bridgehead atoms. The van der Waals surface area contributed by atoms with Gasteiger partial charge in [-0.2, -0.15) is 0 Å². The topological polar surface area (TPSA) is 141 Å². The van der Waals surface area contributed by atoms with E-state index in [-0.39, 0.29) is 48.1 Å². The van der Waals surface area contributed by atoms with Gasteiger partial charge >= 0.3 is 29.8 Å². The summed E-state index contributed by atoms with van der Waals surface area (Å²) < 4.78 is 32.9. The molecule has 4 rings (SSSR count). The van der Waals surface area contributed by atoms with Gasteiger partial charge in [0.25, 0.3) is 0 Å². The number of benzene rings is 3. The molecule has 0 aromatic heterocycles. The lowest BCUT2D eigenvalue weighted by Gasteiger charge is -2.27. The van der Waals surface area contributed by atoms with Crippen LogP contribution in [-0.2, 0) is 38.1 Å². The van der Waals surface area contributed by atoms with Crippen molar-refractivity contribution in [3.63, 3.8) is 0 Å². The van der Waals surface area contributed by atoms with Gasteiger partial charge in [0.15, 0.2) is 0 Å². The molecule has 0 aliphatic heterocycles. The van der Waals surface area contributed by atoms with E-state index in [0.29, 0.717) is 55.8 Å². The normalized spacial score (nSPS) is 15.0. The first-order valence-electron chi connectivity index (χ1n) is 18.3. The van der Waals surface area contributed by atoms with Crippen LogP contribution < -0.4 is 9.47 Å². The lowest BCUT2D eigenvalue weighted by Crippen LogP contribution is -2.29. The summed E-state index contributed by atoms with van der Waals surface area (Å²) in [5, 5.41) is 0. The fourth-order valence-electron chi connectivity index (χ4n) is 5.43. The molecule has 0 heterocycles. The Morgan fingerprint density at radius 2 is 1.12 bits per heavy atom. The largest absolute Gasteiger partial charge is 0.494 e. The van der Waals surface area contributed by atoms with Crippen LogP contribution in [0.5, 0.6) is 11.5 Å². The molecule has 56 heavy (non-hydrogen) atoms. The van der Waals surface area contributed by atoms with Crippen molar-refractivity contribution in [1.82, 2.24) is 0 Å². The van der Waals surface area contributed by atoms with Crippen molar-refractivity contribution in [3.8, 4) is 22.6 Å². The van der Waals surface area contributed by atoms with Crippen molar-refractivity contribution in [1.29, 1.82) is 0 Å². The predicted octanol–water partition coefficient (Wildman–Crippen LogP) is 8.18. The second-order valence-electron chi connectivity index (χ2n) is 13.7. The molecule has 0 radical (unpaired) electrons. The fraction of sp³-hybridized carbons (Fsp3) is 0.311. The van der Waals surface area contributed by atoms with E-state index in [4.69, 9.17) is 28.4 Å². The van der Waals surface area contributed by atoms with Crippen LogP contribution in [0.1, 0.15) is 68.8 Å². The van der Waals surface area contributed by atoms with Gasteiger partial charge in [-0.1, -0.05) is 56.1 Å². The van der Waals surface area contributed by atoms with Crippen LogP contribution >= 0.6 is 0 Å². The second kappa shape index (κ2) is 21.0. The third kappa shape index (κ3) is 13.9. The molecule has 294 valence electrons. The Labute approximate surface area is 327 Å². The van der Waals surface area contributed by atoms with Crippen molar-refractivity contribution in [2.45, 2.75) is 65.1 Å². The predicted molar refractivity (Wildman–Crippen MR) is 211 cm³/mol. The van der Waals surface area contributed by atoms with Crippen LogP contribution in [0.2, 0.25) is 0 Å². The van der Waals surface area contributed by atoms with Crippen molar-refractivity contribution in [3.05, 3.63) is 126 Å². The Bertz CT molecular complexity index is 1880. The van der Waals surface area contributed by atoms with Crippen LogP contribution in [0, 0.1) is 5.92 Å². The Kier molecular flexibility index (Phi) is 16.0. The lowest BCUT2D eigenvalue weighted by atomic mass is 9.95. The third-order valence-corrected chi connectivity index (χ3v) is 8.73. The molecule has 1 fully saturated rings. The lowest BCUT2D eigenvalue weighted by molar-refractivity contribution is -0.146. The van der Waals surface area contributed by atoms with E-state index in [1.807, 2.05) is 48.5 Å². The molecule has 1 aliphatic carbocycles. The highest BCUT2D eigenvalue weighted by Crippen LogP contribution is 2.26. The van der Waals surface area contributed by atoms with E-state index >= 15 is 0 Å². The second-order valence-corrected chi connectivity index (χ2v) is 13.7. The summed E-state index contributed by atoms with van der Waals surface area (Å²) in [4.78, 5) is 60.6. The summed E-state index contributed by atoms with van der Waals surface area (Å²) >= 11 is 0. The van der Waals surface area contributed by atoms with Crippen LogP contribution in [0.3, 0.4) is 0 Å². The molecule has 0 N–H and O–H groups in total. The van der Waals surface area contributed by atoms with E-state index in [1.54, 1.807) is 26.8 Å². The number of hydrogen-bond donors (Lipinski definition) is 0. The van der Waals surface area contributed by atoms with E-state index in [2.05, 4.69) is 19.7 Å². The minimum absolute atomic E-state index is 0.0593. The number of esters is 5. The average Bonchev–Trinajstić information content (AvgIpc) is 3.19. The van der Waals surface area contributed by atoms with Gasteiger partial charge in [-0.25, -0.2) is 24.0 Å². The van der Waals surface area contributed by atoms with Gasteiger partial charge in [-0.05, 0) is 112 Å². The molecule has 0 amide bonds. The van der Waals surface area contributed by atoms with Gasteiger partial charge < -0.3 is 28.4 Å². The van der Waals surface area contributed by atoms with Gasteiger partial charge in [-0.15, -0.1) is 0 Å². The molecule has 0 spiro atoms. The zero-order valence-corrected chi connectivity index (χ0v) is 32.1. The summed E-state index contributed by atoms with van der Waals surface area (Å²) in [5.74, 6) is -1.77. The molecular weight excluding hydrogens is 716 g/mol. The smallest absolute Gasteiger partial charge is 0.338 e. The van der Waals surface area contributed by atoms with Crippen molar-refractivity contribution < 1.29 is 52.4 Å². The molecule has 1 saturated carbocycles. The number of hydrogen-bond acceptors (Lipinski definition) is 11. The summed E-state index contributed by atoms with van der Waals surface area (Å²) in [6, 6.07) is 21.5. The number of carbonyl (C=O) groups is 5. The Morgan fingerprint density at radius 3 is 1.64 bits per heavy atom. The molecule has 0 saturated heterocycles. The quantitative estimate of drug-likeness (QED) is 0.0536. The van der Waals surface area contributed by atoms with E-state index in [0.717, 1.165) is 16.7 Å². The maximum absolute atomic E-state index is 12.6. The first-order valence-corrected chi connectivity index (χ1v) is 18.3. The van der Waals surface area contributed by atoms with Crippen molar-refractivity contribution in [2.75, 3.05) is 19.8 Å². The maximum Gasteiger partial charge on any atom is 0.338 e. The number of carbonyl (C=O) groups excluding carboxylic acids is 5. The Morgan fingerprint density at radius 1 is 0.643 bits per heavy atom. The maximum atomic E-state index is 12.6. The van der Waals surface area contributed by atoms with Gasteiger partial charge in [0, 0.05) is 28.7 Å². The summed E-state index contributed by atoms with van der Waals surface area (Å²) in [7, 11) is 0. The zero-order valence-electron chi connectivity index (χ0n) is 32.1. The summed E-state index contributed by atoms with van der Waals surface area (Å²) in [6.45, 7) is 15.8. The number of ether oxygens (including phenoxy) is 6. The highest BCUT2D eigenvalue weighted by atomic mass is 16.6. The van der Waals surface area contributed by atoms with Gasteiger partial charge in [0.2, 0.25) is 0 Å². The minimum Gasteiger partial charge on any atom is -0.494 e. The minimum atomic E-state index is -0.541. The first-order chi connectivity index (χ1) is 26.8. The van der Waals surface area contributed by atoms with Crippen LogP contribution in [0.25, 0.3) is 17.2 Å². The molecule has 11 nitrogen and oxygen atoms in total. The van der Waals surface area contributed by atoms with Gasteiger partial charge in [0.05, 0.1) is 25.4 Å². The molecule has 0 atom stereocenters. The third-order valence-electron chi connectivity index (χ3n) is 8.73. The molecular formula is C45H48O11. The van der Waals surface area contributed by atoms with E-state index in [1.165, 1.54) is 30.3 Å². The molecule has 0 unspecified atom stereocenters. The highest BCUT2D eigenvalue weighted by Gasteiger charge is 2.26. The van der Waals surface area contributed by atoms with Crippen LogP contribution in [-0.4, -0.2) is 61.9 Å². The molecule has 1 aliphatic rings. The van der Waals surface area contributed by atoms with Crippen molar-refractivity contribution in [2.24, 2.45) is 5.92 Å². The van der Waals surface area contributed by atoms with E-state index < -0.39 is 29.8 Å².